The van der Waals surface area contributed by atoms with Crippen LogP contribution in [-0.2, 0) is 20.9 Å². The van der Waals surface area contributed by atoms with Gasteiger partial charge in [-0.05, 0) is 43.4 Å². The maximum atomic E-state index is 6.39. The fraction of sp³-hybridized carbons (Fsp3) is 0.211. The third kappa shape index (κ3) is 5.75. The van der Waals surface area contributed by atoms with E-state index >= 15 is 0 Å². The van der Waals surface area contributed by atoms with Gasteiger partial charge in [-0.2, -0.15) is 9.78 Å². The third-order valence-corrected chi connectivity index (χ3v) is 8.83. The van der Waals surface area contributed by atoms with Crippen molar-refractivity contribution in [2.75, 3.05) is 13.2 Å². The van der Waals surface area contributed by atoms with Gasteiger partial charge in [0.25, 0.3) is 5.69 Å². The second-order valence-electron chi connectivity index (χ2n) is 5.63. The summed E-state index contributed by atoms with van der Waals surface area (Å²) in [5.74, 6) is 0.514. The summed E-state index contributed by atoms with van der Waals surface area (Å²) in [7, 11) is 0. The lowest BCUT2D eigenvalue weighted by Crippen LogP contribution is -1.99. The number of hydrogen-bond acceptors (Lipinski definition) is 7. The SMILES string of the molecule is CCOP(=S)(OCC)Sc1nnc(-c2ccccc2Cl)n1/N=C/c1ccccc1. The molecular formula is C19H20ClN4O2PS2. The van der Waals surface area contributed by atoms with Gasteiger partial charge in [-0.15, -0.1) is 10.2 Å². The number of nitrogens with zero attached hydrogens (tertiary/aromatic N) is 4. The quantitative estimate of drug-likeness (QED) is 0.290. The predicted octanol–water partition coefficient (Wildman–Crippen LogP) is 5.87. The lowest BCUT2D eigenvalue weighted by molar-refractivity contribution is 0.280. The van der Waals surface area contributed by atoms with Crippen molar-refractivity contribution in [1.82, 2.24) is 14.9 Å². The van der Waals surface area contributed by atoms with Crippen LogP contribution in [-0.4, -0.2) is 34.3 Å². The van der Waals surface area contributed by atoms with Crippen molar-refractivity contribution in [3.63, 3.8) is 0 Å². The van der Waals surface area contributed by atoms with Gasteiger partial charge in [0, 0.05) is 16.9 Å². The van der Waals surface area contributed by atoms with E-state index in [1.54, 1.807) is 17.0 Å². The molecule has 1 heterocycles. The Bertz CT molecular complexity index is 1020. The first kappa shape index (κ1) is 22.2. The molecule has 6 nitrogen and oxygen atoms in total. The zero-order chi connectivity index (χ0) is 20.7. The first-order valence-corrected chi connectivity index (χ1v) is 13.4. The summed E-state index contributed by atoms with van der Waals surface area (Å²) in [6, 6.07) is 17.2. The van der Waals surface area contributed by atoms with Gasteiger partial charge in [0.1, 0.15) is 0 Å². The molecule has 0 saturated carbocycles. The second kappa shape index (κ2) is 10.5. The minimum Gasteiger partial charge on any atom is -0.322 e. The first-order chi connectivity index (χ1) is 14.1. The second-order valence-corrected chi connectivity index (χ2v) is 12.1. The lowest BCUT2D eigenvalue weighted by Gasteiger charge is -2.18. The Morgan fingerprint density at radius 2 is 1.72 bits per heavy atom. The van der Waals surface area contributed by atoms with Gasteiger partial charge in [-0.25, -0.2) is 0 Å². The highest BCUT2D eigenvalue weighted by atomic mass is 35.5. The molecule has 2 aromatic carbocycles. The van der Waals surface area contributed by atoms with Crippen LogP contribution in [0.3, 0.4) is 0 Å². The summed E-state index contributed by atoms with van der Waals surface area (Å²) in [5, 5.41) is 14.3. The Morgan fingerprint density at radius 1 is 1.07 bits per heavy atom. The fourth-order valence-electron chi connectivity index (χ4n) is 2.41. The lowest BCUT2D eigenvalue weighted by atomic mass is 10.2. The average Bonchev–Trinajstić information content (AvgIpc) is 3.09. The van der Waals surface area contributed by atoms with Crippen molar-refractivity contribution in [2.45, 2.75) is 19.0 Å². The number of benzene rings is 2. The van der Waals surface area contributed by atoms with Crippen molar-refractivity contribution >= 4 is 46.7 Å². The molecule has 0 aliphatic carbocycles. The highest BCUT2D eigenvalue weighted by Gasteiger charge is 2.26. The maximum absolute atomic E-state index is 6.39. The fourth-order valence-corrected chi connectivity index (χ4v) is 7.05. The van der Waals surface area contributed by atoms with Gasteiger partial charge < -0.3 is 9.05 Å². The van der Waals surface area contributed by atoms with Crippen LogP contribution >= 0.6 is 28.7 Å². The van der Waals surface area contributed by atoms with Crippen molar-refractivity contribution in [2.24, 2.45) is 5.10 Å². The molecule has 0 fully saturated rings. The van der Waals surface area contributed by atoms with E-state index in [1.807, 2.05) is 62.4 Å². The first-order valence-electron chi connectivity index (χ1n) is 8.94. The summed E-state index contributed by atoms with van der Waals surface area (Å²) in [4.78, 5) is 0. The molecule has 0 atom stereocenters. The summed E-state index contributed by atoms with van der Waals surface area (Å²) >= 11 is 13.3. The molecule has 10 heteroatoms. The Hall–Kier alpha value is -1.54. The Balaban J connectivity index is 2.06. The monoisotopic (exact) mass is 466 g/mol. The molecule has 29 heavy (non-hydrogen) atoms. The number of halogens is 1. The van der Waals surface area contributed by atoms with E-state index in [4.69, 9.17) is 32.5 Å². The van der Waals surface area contributed by atoms with Crippen LogP contribution in [0.15, 0.2) is 64.9 Å². The van der Waals surface area contributed by atoms with Crippen molar-refractivity contribution < 1.29 is 9.05 Å². The summed E-state index contributed by atoms with van der Waals surface area (Å²) in [5.41, 5.74) is -0.971. The number of hydrogen-bond donors (Lipinski definition) is 0. The van der Waals surface area contributed by atoms with Gasteiger partial charge >= 0.3 is 0 Å². The van der Waals surface area contributed by atoms with Crippen LogP contribution in [0.5, 0.6) is 0 Å². The van der Waals surface area contributed by atoms with Gasteiger partial charge in [-0.3, -0.25) is 0 Å². The largest absolute Gasteiger partial charge is 0.322 e. The summed E-state index contributed by atoms with van der Waals surface area (Å²) < 4.78 is 13.1. The zero-order valence-electron chi connectivity index (χ0n) is 15.9. The maximum Gasteiger partial charge on any atom is 0.255 e. The van der Waals surface area contributed by atoms with E-state index in [-0.39, 0.29) is 0 Å². The molecule has 0 unspecified atom stereocenters. The molecule has 0 spiro atoms. The standard InChI is InChI=1S/C19H20ClN4O2PS2/c1-3-25-27(28,26-4-2)29-19-23-22-18(16-12-8-9-13-17(16)20)24(19)21-14-15-10-6-5-7-11-15/h5-14H,3-4H2,1-2H3/b21-14+. The molecule has 0 N–H and O–H groups in total. The van der Waals surface area contributed by atoms with Gasteiger partial charge in [-0.1, -0.05) is 54.1 Å². The van der Waals surface area contributed by atoms with Crippen LogP contribution in [0, 0.1) is 0 Å². The van der Waals surface area contributed by atoms with Crippen LogP contribution < -0.4 is 0 Å². The number of rotatable bonds is 9. The minimum absolute atomic E-state index is 0.447. The van der Waals surface area contributed by atoms with Crippen LogP contribution in [0.4, 0.5) is 0 Å². The molecular weight excluding hydrogens is 447 g/mol. The van der Waals surface area contributed by atoms with E-state index in [2.05, 4.69) is 15.3 Å². The number of aromatic nitrogens is 3. The molecule has 0 amide bonds. The minimum atomic E-state index is -2.63. The van der Waals surface area contributed by atoms with E-state index < -0.39 is 5.69 Å². The topological polar surface area (TPSA) is 61.5 Å². The van der Waals surface area contributed by atoms with Crippen molar-refractivity contribution in [1.29, 1.82) is 0 Å². The van der Waals surface area contributed by atoms with E-state index in [0.29, 0.717) is 29.2 Å². The van der Waals surface area contributed by atoms with Crippen molar-refractivity contribution in [3.8, 4) is 11.4 Å². The molecule has 0 aliphatic heterocycles. The zero-order valence-corrected chi connectivity index (χ0v) is 19.2. The van der Waals surface area contributed by atoms with Crippen LogP contribution in [0.1, 0.15) is 19.4 Å². The van der Waals surface area contributed by atoms with Gasteiger partial charge in [0.2, 0.25) is 5.16 Å². The predicted molar refractivity (Wildman–Crippen MR) is 123 cm³/mol. The van der Waals surface area contributed by atoms with E-state index in [0.717, 1.165) is 11.1 Å². The molecule has 0 bridgehead atoms. The molecule has 3 aromatic rings. The third-order valence-electron chi connectivity index (χ3n) is 3.62. The Kier molecular flexibility index (Phi) is 8.00. The Labute approximate surface area is 184 Å². The highest BCUT2D eigenvalue weighted by molar-refractivity contribution is 8.67. The summed E-state index contributed by atoms with van der Waals surface area (Å²) in [6.45, 7) is 4.66. The molecule has 0 saturated heterocycles. The molecule has 0 radical (unpaired) electrons. The Morgan fingerprint density at radius 3 is 2.38 bits per heavy atom. The molecule has 0 aliphatic rings. The van der Waals surface area contributed by atoms with E-state index in [9.17, 15) is 0 Å². The van der Waals surface area contributed by atoms with Crippen molar-refractivity contribution in [3.05, 3.63) is 65.2 Å². The van der Waals surface area contributed by atoms with Crippen LogP contribution in [0.25, 0.3) is 11.4 Å². The average molecular weight is 467 g/mol. The molecule has 1 aromatic heterocycles. The summed E-state index contributed by atoms with van der Waals surface area (Å²) in [6.07, 6.45) is 1.73. The van der Waals surface area contributed by atoms with Gasteiger partial charge in [0.15, 0.2) is 5.82 Å². The molecule has 3 rings (SSSR count). The normalized spacial score (nSPS) is 12.0. The molecule has 152 valence electrons. The van der Waals surface area contributed by atoms with Crippen LogP contribution in [0.2, 0.25) is 5.02 Å². The smallest absolute Gasteiger partial charge is 0.255 e. The highest BCUT2D eigenvalue weighted by Crippen LogP contribution is 2.63. The van der Waals surface area contributed by atoms with Gasteiger partial charge in [0.05, 0.1) is 24.5 Å². The van der Waals surface area contributed by atoms with E-state index in [1.165, 1.54) is 11.4 Å².